The van der Waals surface area contributed by atoms with Crippen molar-refractivity contribution in [1.29, 1.82) is 0 Å². The Hall–Kier alpha value is -1.69. The lowest BCUT2D eigenvalue weighted by atomic mass is 9.87. The van der Waals surface area contributed by atoms with Gasteiger partial charge in [-0.3, -0.25) is 4.79 Å². The summed E-state index contributed by atoms with van der Waals surface area (Å²) in [7, 11) is 0. The number of nitrogens with zero attached hydrogens (tertiary/aromatic N) is 2. The topological polar surface area (TPSA) is 64.1 Å². The number of aromatic nitrogens is 2. The average molecular weight is 305 g/mol. The molecule has 1 aliphatic carbocycles. The summed E-state index contributed by atoms with van der Waals surface area (Å²) in [5.41, 5.74) is 0. The van der Waals surface area contributed by atoms with Crippen LogP contribution in [0.1, 0.15) is 32.6 Å². The lowest BCUT2D eigenvalue weighted by molar-refractivity contribution is -0.124. The highest BCUT2D eigenvalue weighted by Crippen LogP contribution is 2.25. The Bertz CT molecular complexity index is 620. The van der Waals surface area contributed by atoms with Gasteiger partial charge in [0.2, 0.25) is 5.88 Å². The number of hydrogen-bond acceptors (Lipinski definition) is 5. The fourth-order valence-electron chi connectivity index (χ4n) is 2.69. The highest BCUT2D eigenvalue weighted by atomic mass is 32.1. The Kier molecular flexibility index (Phi) is 4.34. The monoisotopic (exact) mass is 305 g/mol. The largest absolute Gasteiger partial charge is 0.467 e. The van der Waals surface area contributed by atoms with Crippen LogP contribution in [0.15, 0.2) is 17.8 Å². The number of thiophene rings is 1. The van der Waals surface area contributed by atoms with E-state index in [2.05, 4.69) is 22.2 Å². The summed E-state index contributed by atoms with van der Waals surface area (Å²) in [5, 5.41) is 5.85. The molecule has 2 aromatic rings. The first kappa shape index (κ1) is 14.3. The second kappa shape index (κ2) is 6.39. The van der Waals surface area contributed by atoms with Crippen LogP contribution >= 0.6 is 11.3 Å². The van der Waals surface area contributed by atoms with Crippen LogP contribution in [0, 0.1) is 5.92 Å². The molecule has 1 fully saturated rings. The van der Waals surface area contributed by atoms with E-state index in [9.17, 15) is 4.79 Å². The number of hydrogen-bond donors (Lipinski definition) is 1. The van der Waals surface area contributed by atoms with Crippen molar-refractivity contribution in [3.05, 3.63) is 17.8 Å². The van der Waals surface area contributed by atoms with E-state index in [-0.39, 0.29) is 12.5 Å². The molecule has 6 heteroatoms. The predicted octanol–water partition coefficient (Wildman–Crippen LogP) is 2.77. The van der Waals surface area contributed by atoms with Crippen LogP contribution in [0.2, 0.25) is 0 Å². The van der Waals surface area contributed by atoms with Crippen molar-refractivity contribution in [2.75, 3.05) is 6.61 Å². The molecule has 21 heavy (non-hydrogen) atoms. The predicted molar refractivity (Wildman–Crippen MR) is 82.5 cm³/mol. The number of rotatable bonds is 4. The molecule has 0 saturated heterocycles. The van der Waals surface area contributed by atoms with Crippen molar-refractivity contribution >= 4 is 27.5 Å². The zero-order chi connectivity index (χ0) is 14.7. The van der Waals surface area contributed by atoms with Crippen LogP contribution in [-0.2, 0) is 4.79 Å². The summed E-state index contributed by atoms with van der Waals surface area (Å²) >= 11 is 1.53. The maximum absolute atomic E-state index is 12.0. The Balaban J connectivity index is 1.53. The third-order valence-electron chi connectivity index (χ3n) is 3.95. The van der Waals surface area contributed by atoms with E-state index in [4.69, 9.17) is 4.74 Å². The van der Waals surface area contributed by atoms with E-state index < -0.39 is 0 Å². The Morgan fingerprint density at radius 1 is 1.38 bits per heavy atom. The second-order valence-electron chi connectivity index (χ2n) is 5.63. The van der Waals surface area contributed by atoms with Gasteiger partial charge < -0.3 is 10.1 Å². The van der Waals surface area contributed by atoms with Gasteiger partial charge in [0.25, 0.3) is 5.91 Å². The van der Waals surface area contributed by atoms with Crippen LogP contribution in [0.5, 0.6) is 5.88 Å². The van der Waals surface area contributed by atoms with Crippen LogP contribution in [0.3, 0.4) is 0 Å². The summed E-state index contributed by atoms with van der Waals surface area (Å²) < 4.78 is 5.55. The molecule has 0 aliphatic heterocycles. The van der Waals surface area contributed by atoms with Crippen molar-refractivity contribution in [3.63, 3.8) is 0 Å². The Morgan fingerprint density at radius 2 is 2.19 bits per heavy atom. The molecule has 3 rings (SSSR count). The maximum Gasteiger partial charge on any atom is 0.258 e. The molecule has 0 atom stereocenters. The molecule has 0 unspecified atom stereocenters. The van der Waals surface area contributed by atoms with Gasteiger partial charge in [-0.25, -0.2) is 9.97 Å². The summed E-state index contributed by atoms with van der Waals surface area (Å²) in [6, 6.07) is 2.21. The third-order valence-corrected chi connectivity index (χ3v) is 4.77. The van der Waals surface area contributed by atoms with E-state index in [1.807, 2.05) is 11.4 Å². The molecule has 0 spiro atoms. The number of ether oxygens (including phenoxy) is 1. The molecule has 0 aromatic carbocycles. The number of nitrogens with one attached hydrogen (secondary N) is 1. The van der Waals surface area contributed by atoms with Crippen molar-refractivity contribution in [2.24, 2.45) is 5.92 Å². The van der Waals surface area contributed by atoms with Gasteiger partial charge in [0, 0.05) is 6.04 Å². The molecule has 0 radical (unpaired) electrons. The SMILES string of the molecule is CC1CCC(NC(=O)COc2ncnc3sccc23)CC1. The van der Waals surface area contributed by atoms with Gasteiger partial charge in [0.15, 0.2) is 6.61 Å². The fourth-order valence-corrected chi connectivity index (χ4v) is 3.41. The van der Waals surface area contributed by atoms with Crippen molar-refractivity contribution in [1.82, 2.24) is 15.3 Å². The van der Waals surface area contributed by atoms with E-state index in [1.54, 1.807) is 0 Å². The summed E-state index contributed by atoms with van der Waals surface area (Å²) in [5.74, 6) is 1.19. The minimum absolute atomic E-state index is 0.00795. The third kappa shape index (κ3) is 3.50. The van der Waals surface area contributed by atoms with Crippen LogP contribution in [0.4, 0.5) is 0 Å². The molecule has 0 bridgehead atoms. The van der Waals surface area contributed by atoms with E-state index in [0.29, 0.717) is 11.9 Å². The van der Waals surface area contributed by atoms with Crippen molar-refractivity contribution < 1.29 is 9.53 Å². The lowest BCUT2D eigenvalue weighted by Gasteiger charge is -2.26. The zero-order valence-electron chi connectivity index (χ0n) is 12.0. The molecule has 5 nitrogen and oxygen atoms in total. The van der Waals surface area contributed by atoms with E-state index >= 15 is 0 Å². The fraction of sp³-hybridized carbons (Fsp3) is 0.533. The molecule has 2 heterocycles. The van der Waals surface area contributed by atoms with Crippen LogP contribution < -0.4 is 10.1 Å². The van der Waals surface area contributed by atoms with Gasteiger partial charge >= 0.3 is 0 Å². The lowest BCUT2D eigenvalue weighted by Crippen LogP contribution is -2.39. The van der Waals surface area contributed by atoms with Crippen LogP contribution in [0.25, 0.3) is 10.2 Å². The summed E-state index contributed by atoms with van der Waals surface area (Å²) in [6.07, 6.45) is 5.97. The van der Waals surface area contributed by atoms with Gasteiger partial charge in [-0.05, 0) is 43.0 Å². The van der Waals surface area contributed by atoms with Gasteiger partial charge in [0.05, 0.1) is 5.39 Å². The Labute approximate surface area is 127 Å². The second-order valence-corrected chi connectivity index (χ2v) is 6.53. The highest BCUT2D eigenvalue weighted by molar-refractivity contribution is 7.16. The number of carbonyl (C=O) groups excluding carboxylic acids is 1. The van der Waals surface area contributed by atoms with Gasteiger partial charge in [0.1, 0.15) is 11.2 Å². The number of amides is 1. The molecule has 112 valence electrons. The first-order valence-electron chi connectivity index (χ1n) is 7.32. The van der Waals surface area contributed by atoms with Crippen molar-refractivity contribution in [2.45, 2.75) is 38.6 Å². The first-order valence-corrected chi connectivity index (χ1v) is 8.20. The normalized spacial score (nSPS) is 22.1. The van der Waals surface area contributed by atoms with Crippen LogP contribution in [-0.4, -0.2) is 28.5 Å². The smallest absolute Gasteiger partial charge is 0.258 e. The molecule has 1 amide bonds. The van der Waals surface area contributed by atoms with Crippen molar-refractivity contribution in [3.8, 4) is 5.88 Å². The average Bonchev–Trinajstić information content (AvgIpc) is 2.96. The minimum atomic E-state index is -0.0726. The van der Waals surface area contributed by atoms with Gasteiger partial charge in [-0.1, -0.05) is 6.92 Å². The van der Waals surface area contributed by atoms with E-state index in [0.717, 1.165) is 29.0 Å². The van der Waals surface area contributed by atoms with E-state index in [1.165, 1.54) is 30.5 Å². The summed E-state index contributed by atoms with van der Waals surface area (Å²) in [4.78, 5) is 21.1. The first-order chi connectivity index (χ1) is 10.2. The molecular weight excluding hydrogens is 286 g/mol. The quantitative estimate of drug-likeness (QED) is 0.943. The maximum atomic E-state index is 12.0. The van der Waals surface area contributed by atoms with Gasteiger partial charge in [-0.2, -0.15) is 0 Å². The van der Waals surface area contributed by atoms with Gasteiger partial charge in [-0.15, -0.1) is 11.3 Å². The molecule has 1 aliphatic rings. The summed E-state index contributed by atoms with van der Waals surface area (Å²) in [6.45, 7) is 2.27. The molecule has 2 aromatic heterocycles. The standard InChI is InChI=1S/C15H19N3O2S/c1-10-2-4-11(5-3-10)18-13(19)8-20-14-12-6-7-21-15(12)17-9-16-14/h6-7,9-11H,2-5,8H2,1H3,(H,18,19). The Morgan fingerprint density at radius 3 is 3.00 bits per heavy atom. The highest BCUT2D eigenvalue weighted by Gasteiger charge is 2.20. The number of carbonyl (C=O) groups is 1. The molecule has 1 N–H and O–H groups in total. The minimum Gasteiger partial charge on any atom is -0.467 e. The molecular formula is C15H19N3O2S. The zero-order valence-corrected chi connectivity index (χ0v) is 12.9. The molecule has 1 saturated carbocycles. The number of fused-ring (bicyclic) bond motifs is 1.